The van der Waals surface area contributed by atoms with Crippen LogP contribution in [0.4, 0.5) is 0 Å². The molecule has 1 aromatic rings. The first-order valence-corrected chi connectivity index (χ1v) is 5.07. The van der Waals surface area contributed by atoms with Crippen molar-refractivity contribution in [3.05, 3.63) is 11.8 Å². The molecule has 0 aliphatic heterocycles. The summed E-state index contributed by atoms with van der Waals surface area (Å²) in [5, 5.41) is 11.2. The minimum Gasteiger partial charge on any atom is -0.425 e. The first-order chi connectivity index (χ1) is 6.54. The highest BCUT2D eigenvalue weighted by Gasteiger charge is 2.20. The largest absolute Gasteiger partial charge is 0.425 e. The van der Waals surface area contributed by atoms with Gasteiger partial charge in [-0.15, -0.1) is 10.2 Å². The van der Waals surface area contributed by atoms with Gasteiger partial charge < -0.3 is 9.73 Å². The van der Waals surface area contributed by atoms with E-state index in [1.54, 1.807) is 0 Å². The van der Waals surface area contributed by atoms with Crippen molar-refractivity contribution < 1.29 is 4.42 Å². The maximum Gasteiger partial charge on any atom is 0.221 e. The van der Waals surface area contributed by atoms with Crippen LogP contribution < -0.4 is 5.32 Å². The van der Waals surface area contributed by atoms with E-state index in [0.29, 0.717) is 5.89 Å². The Labute approximate surface area is 85.1 Å². The van der Waals surface area contributed by atoms with E-state index in [-0.39, 0.29) is 5.41 Å². The molecular formula is C10H19N3O. The van der Waals surface area contributed by atoms with Crippen LogP contribution >= 0.6 is 0 Å². The number of hydrogen-bond donors (Lipinski definition) is 1. The van der Waals surface area contributed by atoms with Gasteiger partial charge in [-0.1, -0.05) is 27.7 Å². The Kier molecular flexibility index (Phi) is 3.63. The topological polar surface area (TPSA) is 51.0 Å². The summed E-state index contributed by atoms with van der Waals surface area (Å²) in [5.41, 5.74) is -0.0521. The Hall–Kier alpha value is -0.900. The van der Waals surface area contributed by atoms with Crippen LogP contribution in [0.2, 0.25) is 0 Å². The van der Waals surface area contributed by atoms with E-state index in [1.807, 2.05) is 0 Å². The van der Waals surface area contributed by atoms with Crippen molar-refractivity contribution in [3.8, 4) is 0 Å². The van der Waals surface area contributed by atoms with Crippen LogP contribution in [0.1, 0.15) is 39.5 Å². The van der Waals surface area contributed by atoms with E-state index in [9.17, 15) is 0 Å². The lowest BCUT2D eigenvalue weighted by atomic mass is 9.97. The van der Waals surface area contributed by atoms with Crippen LogP contribution in [0.25, 0.3) is 0 Å². The minimum atomic E-state index is -0.0521. The molecule has 14 heavy (non-hydrogen) atoms. The van der Waals surface area contributed by atoms with E-state index in [0.717, 1.165) is 25.4 Å². The van der Waals surface area contributed by atoms with E-state index >= 15 is 0 Å². The molecule has 4 heteroatoms. The third kappa shape index (κ3) is 3.10. The third-order valence-corrected chi connectivity index (χ3v) is 1.87. The SMILES string of the molecule is CCNCCc1nnc(C(C)(C)C)o1. The molecule has 0 radical (unpaired) electrons. The monoisotopic (exact) mass is 197 g/mol. The molecule has 1 heterocycles. The van der Waals surface area contributed by atoms with Crippen LogP contribution in [0.5, 0.6) is 0 Å². The van der Waals surface area contributed by atoms with E-state index in [2.05, 4.69) is 43.2 Å². The standard InChI is InChI=1S/C10H19N3O/c1-5-11-7-6-8-12-13-9(14-8)10(2,3)4/h11H,5-7H2,1-4H3. The van der Waals surface area contributed by atoms with Crippen molar-refractivity contribution in [2.45, 2.75) is 39.5 Å². The zero-order valence-corrected chi connectivity index (χ0v) is 9.42. The molecule has 0 aliphatic carbocycles. The number of likely N-dealkylation sites (N-methyl/N-ethyl adjacent to an activating group) is 1. The Morgan fingerprint density at radius 1 is 1.29 bits per heavy atom. The van der Waals surface area contributed by atoms with Gasteiger partial charge in [0.25, 0.3) is 0 Å². The smallest absolute Gasteiger partial charge is 0.221 e. The molecule has 0 spiro atoms. The average Bonchev–Trinajstić information content (AvgIpc) is 2.52. The summed E-state index contributed by atoms with van der Waals surface area (Å²) in [6, 6.07) is 0. The van der Waals surface area contributed by atoms with Crippen LogP contribution in [0, 0.1) is 0 Å². The molecule has 0 bridgehead atoms. The molecule has 0 aromatic carbocycles. The lowest BCUT2D eigenvalue weighted by Crippen LogP contribution is -2.16. The molecule has 1 aromatic heterocycles. The Bertz CT molecular complexity index is 275. The number of nitrogens with one attached hydrogen (secondary N) is 1. The zero-order valence-electron chi connectivity index (χ0n) is 9.42. The van der Waals surface area contributed by atoms with Gasteiger partial charge in [-0.2, -0.15) is 0 Å². The van der Waals surface area contributed by atoms with Gasteiger partial charge in [-0.05, 0) is 6.54 Å². The Balaban J connectivity index is 2.51. The molecule has 0 amide bonds. The molecule has 0 fully saturated rings. The number of hydrogen-bond acceptors (Lipinski definition) is 4. The highest BCUT2D eigenvalue weighted by atomic mass is 16.4. The Morgan fingerprint density at radius 3 is 2.50 bits per heavy atom. The van der Waals surface area contributed by atoms with E-state index < -0.39 is 0 Å². The lowest BCUT2D eigenvalue weighted by Gasteiger charge is -2.10. The highest BCUT2D eigenvalue weighted by Crippen LogP contribution is 2.20. The maximum atomic E-state index is 5.53. The molecule has 0 unspecified atom stereocenters. The fraction of sp³-hybridized carbons (Fsp3) is 0.800. The summed E-state index contributed by atoms with van der Waals surface area (Å²) >= 11 is 0. The quantitative estimate of drug-likeness (QED) is 0.743. The van der Waals surface area contributed by atoms with Crippen LogP contribution in [0.15, 0.2) is 4.42 Å². The highest BCUT2D eigenvalue weighted by molar-refractivity contribution is 4.96. The van der Waals surface area contributed by atoms with Crippen LogP contribution in [-0.4, -0.2) is 23.3 Å². The molecule has 1 rings (SSSR count). The minimum absolute atomic E-state index is 0.0521. The molecular weight excluding hydrogens is 178 g/mol. The molecule has 0 aliphatic rings. The van der Waals surface area contributed by atoms with Crippen LogP contribution in [-0.2, 0) is 11.8 Å². The predicted octanol–water partition coefficient (Wildman–Crippen LogP) is 1.52. The van der Waals surface area contributed by atoms with E-state index in [1.165, 1.54) is 0 Å². The van der Waals surface area contributed by atoms with Gasteiger partial charge in [-0.25, -0.2) is 0 Å². The summed E-state index contributed by atoms with van der Waals surface area (Å²) < 4.78 is 5.53. The van der Waals surface area contributed by atoms with Gasteiger partial charge in [0.05, 0.1) is 0 Å². The number of rotatable bonds is 4. The number of nitrogens with zero attached hydrogens (tertiary/aromatic N) is 2. The molecule has 1 N–H and O–H groups in total. The van der Waals surface area contributed by atoms with Gasteiger partial charge in [0.15, 0.2) is 0 Å². The maximum absolute atomic E-state index is 5.53. The second kappa shape index (κ2) is 4.55. The molecule has 80 valence electrons. The van der Waals surface area contributed by atoms with Crippen molar-refractivity contribution in [1.82, 2.24) is 15.5 Å². The van der Waals surface area contributed by atoms with Gasteiger partial charge >= 0.3 is 0 Å². The number of aromatic nitrogens is 2. The third-order valence-electron chi connectivity index (χ3n) is 1.87. The molecule has 4 nitrogen and oxygen atoms in total. The fourth-order valence-corrected chi connectivity index (χ4v) is 1.03. The van der Waals surface area contributed by atoms with Crippen molar-refractivity contribution >= 4 is 0 Å². The molecule has 0 saturated heterocycles. The van der Waals surface area contributed by atoms with Crippen molar-refractivity contribution in [1.29, 1.82) is 0 Å². The first kappa shape index (κ1) is 11.2. The second-order valence-corrected chi connectivity index (χ2v) is 4.35. The summed E-state index contributed by atoms with van der Waals surface area (Å²) in [4.78, 5) is 0. The van der Waals surface area contributed by atoms with Crippen molar-refractivity contribution in [2.75, 3.05) is 13.1 Å². The van der Waals surface area contributed by atoms with Crippen molar-refractivity contribution in [2.24, 2.45) is 0 Å². The van der Waals surface area contributed by atoms with Gasteiger partial charge in [0.2, 0.25) is 11.8 Å². The Morgan fingerprint density at radius 2 is 2.00 bits per heavy atom. The molecule has 0 saturated carbocycles. The van der Waals surface area contributed by atoms with E-state index in [4.69, 9.17) is 4.42 Å². The summed E-state index contributed by atoms with van der Waals surface area (Å²) in [6.45, 7) is 10.1. The zero-order chi connectivity index (χ0) is 10.6. The van der Waals surface area contributed by atoms with Gasteiger partial charge in [-0.3, -0.25) is 0 Å². The second-order valence-electron chi connectivity index (χ2n) is 4.35. The summed E-state index contributed by atoms with van der Waals surface area (Å²) in [6.07, 6.45) is 0.802. The lowest BCUT2D eigenvalue weighted by molar-refractivity contribution is 0.370. The van der Waals surface area contributed by atoms with Crippen molar-refractivity contribution in [3.63, 3.8) is 0 Å². The first-order valence-electron chi connectivity index (χ1n) is 5.07. The van der Waals surface area contributed by atoms with Gasteiger partial charge in [0, 0.05) is 18.4 Å². The average molecular weight is 197 g/mol. The van der Waals surface area contributed by atoms with Gasteiger partial charge in [0.1, 0.15) is 0 Å². The fourth-order valence-electron chi connectivity index (χ4n) is 1.03. The van der Waals surface area contributed by atoms with Crippen LogP contribution in [0.3, 0.4) is 0 Å². The molecule has 0 atom stereocenters. The predicted molar refractivity (Wildman–Crippen MR) is 55.2 cm³/mol. The summed E-state index contributed by atoms with van der Waals surface area (Å²) in [7, 11) is 0. The summed E-state index contributed by atoms with van der Waals surface area (Å²) in [5.74, 6) is 1.43. The normalized spacial score (nSPS) is 12.0.